The van der Waals surface area contributed by atoms with Crippen LogP contribution in [0.4, 0.5) is 11.6 Å². The van der Waals surface area contributed by atoms with E-state index in [9.17, 15) is 0 Å². The molecule has 0 saturated carbocycles. The van der Waals surface area contributed by atoms with Gasteiger partial charge in [0.1, 0.15) is 5.15 Å². The minimum absolute atomic E-state index is 0.506. The van der Waals surface area contributed by atoms with Gasteiger partial charge < -0.3 is 10.2 Å². The van der Waals surface area contributed by atoms with E-state index < -0.39 is 0 Å². The summed E-state index contributed by atoms with van der Waals surface area (Å²) in [4.78, 5) is 16.4. The Balaban J connectivity index is 1.87. The van der Waals surface area contributed by atoms with Crippen LogP contribution in [0, 0.1) is 6.92 Å². The molecule has 5 nitrogen and oxygen atoms in total. The molecule has 22 heavy (non-hydrogen) atoms. The Hall–Kier alpha value is -1.79. The standard InChI is InChI=1S/C15H16ClN5S/c1-9-6-11(7-18-14(9)16)19-15-17-5-4-12(20-15)13-10(2)21(3)8-22-13/h4-7H,8H2,1-3H3,(H,17,19,20). The van der Waals surface area contributed by atoms with E-state index in [4.69, 9.17) is 11.6 Å². The maximum atomic E-state index is 5.94. The molecule has 0 radical (unpaired) electrons. The molecule has 3 heterocycles. The fraction of sp³-hybridized carbons (Fsp3) is 0.267. The molecule has 0 spiro atoms. The molecular formula is C15H16ClN5S. The number of pyridine rings is 1. The van der Waals surface area contributed by atoms with E-state index in [1.807, 2.05) is 19.1 Å². The number of hydrogen-bond donors (Lipinski definition) is 1. The zero-order valence-electron chi connectivity index (χ0n) is 12.6. The second-order valence-electron chi connectivity index (χ2n) is 5.11. The number of aryl methyl sites for hydroxylation is 1. The van der Waals surface area contributed by atoms with E-state index in [1.165, 1.54) is 10.6 Å². The number of thioether (sulfide) groups is 1. The first-order valence-electron chi connectivity index (χ1n) is 6.82. The van der Waals surface area contributed by atoms with Crippen molar-refractivity contribution < 1.29 is 0 Å². The van der Waals surface area contributed by atoms with Crippen molar-refractivity contribution in [2.45, 2.75) is 13.8 Å². The van der Waals surface area contributed by atoms with Gasteiger partial charge in [-0.25, -0.2) is 15.0 Å². The molecule has 2 aromatic heterocycles. The largest absolute Gasteiger partial charge is 0.368 e. The predicted molar refractivity (Wildman–Crippen MR) is 92.1 cm³/mol. The molecule has 0 bridgehead atoms. The van der Waals surface area contributed by atoms with Gasteiger partial charge in [0.15, 0.2) is 0 Å². The van der Waals surface area contributed by atoms with Crippen LogP contribution in [-0.4, -0.2) is 32.8 Å². The third-order valence-corrected chi connectivity index (χ3v) is 5.17. The lowest BCUT2D eigenvalue weighted by Gasteiger charge is -2.10. The van der Waals surface area contributed by atoms with E-state index in [1.54, 1.807) is 24.2 Å². The molecule has 114 valence electrons. The van der Waals surface area contributed by atoms with Gasteiger partial charge in [-0.2, -0.15) is 0 Å². The van der Waals surface area contributed by atoms with Crippen LogP contribution in [0.25, 0.3) is 4.91 Å². The van der Waals surface area contributed by atoms with Crippen molar-refractivity contribution in [3.8, 4) is 0 Å². The number of allylic oxidation sites excluding steroid dienone is 1. The van der Waals surface area contributed by atoms with E-state index in [-0.39, 0.29) is 0 Å². The fourth-order valence-corrected chi connectivity index (χ4v) is 3.34. The van der Waals surface area contributed by atoms with Gasteiger partial charge in [0.2, 0.25) is 5.95 Å². The molecule has 7 heteroatoms. The van der Waals surface area contributed by atoms with E-state index in [0.29, 0.717) is 11.1 Å². The number of nitrogens with one attached hydrogen (secondary N) is 1. The van der Waals surface area contributed by atoms with Crippen molar-refractivity contribution in [2.75, 3.05) is 18.2 Å². The van der Waals surface area contributed by atoms with E-state index in [2.05, 4.69) is 39.1 Å². The van der Waals surface area contributed by atoms with Gasteiger partial charge in [0, 0.05) is 18.9 Å². The second kappa shape index (κ2) is 6.14. The summed E-state index contributed by atoms with van der Waals surface area (Å²) in [5.41, 5.74) is 3.90. The summed E-state index contributed by atoms with van der Waals surface area (Å²) in [5.74, 6) is 1.50. The van der Waals surface area contributed by atoms with E-state index in [0.717, 1.165) is 22.8 Å². The lowest BCUT2D eigenvalue weighted by molar-refractivity contribution is 0.506. The van der Waals surface area contributed by atoms with Crippen molar-refractivity contribution in [3.63, 3.8) is 0 Å². The lowest BCUT2D eigenvalue weighted by Crippen LogP contribution is -2.09. The molecule has 0 aliphatic carbocycles. The van der Waals surface area contributed by atoms with Gasteiger partial charge in [0.05, 0.1) is 28.4 Å². The number of aromatic nitrogens is 3. The molecule has 0 aromatic carbocycles. The summed E-state index contributed by atoms with van der Waals surface area (Å²) in [7, 11) is 2.08. The van der Waals surface area contributed by atoms with Gasteiger partial charge in [-0.05, 0) is 31.5 Å². The Kier molecular flexibility index (Phi) is 4.22. The van der Waals surface area contributed by atoms with Crippen LogP contribution in [-0.2, 0) is 0 Å². The van der Waals surface area contributed by atoms with Gasteiger partial charge in [-0.15, -0.1) is 11.8 Å². The first-order valence-corrected chi connectivity index (χ1v) is 8.18. The Labute approximate surface area is 138 Å². The van der Waals surface area contributed by atoms with E-state index >= 15 is 0 Å². The molecule has 0 atom stereocenters. The number of nitrogens with zero attached hydrogens (tertiary/aromatic N) is 4. The molecule has 0 saturated heterocycles. The Morgan fingerprint density at radius 3 is 2.82 bits per heavy atom. The third-order valence-electron chi connectivity index (χ3n) is 3.46. The molecule has 2 aromatic rings. The summed E-state index contributed by atoms with van der Waals surface area (Å²) in [6.07, 6.45) is 3.44. The molecular weight excluding hydrogens is 318 g/mol. The zero-order chi connectivity index (χ0) is 15.7. The molecule has 3 rings (SSSR count). The SMILES string of the molecule is CC1=C(c2ccnc(Nc3cnc(Cl)c(C)c3)n2)SCN1C. The second-order valence-corrected chi connectivity index (χ2v) is 6.42. The summed E-state index contributed by atoms with van der Waals surface area (Å²) >= 11 is 7.73. The molecule has 0 fully saturated rings. The van der Waals surface area contributed by atoms with Crippen molar-refractivity contribution in [1.82, 2.24) is 19.9 Å². The van der Waals surface area contributed by atoms with Crippen LogP contribution in [0.15, 0.2) is 30.2 Å². The minimum atomic E-state index is 0.506. The lowest BCUT2D eigenvalue weighted by atomic mass is 10.3. The molecule has 1 N–H and O–H groups in total. The highest BCUT2D eigenvalue weighted by Crippen LogP contribution is 2.37. The summed E-state index contributed by atoms with van der Waals surface area (Å²) in [5, 5.41) is 3.68. The van der Waals surface area contributed by atoms with Crippen LogP contribution in [0.2, 0.25) is 5.15 Å². The van der Waals surface area contributed by atoms with Crippen molar-refractivity contribution in [2.24, 2.45) is 0 Å². The van der Waals surface area contributed by atoms with Crippen LogP contribution < -0.4 is 5.32 Å². The van der Waals surface area contributed by atoms with Crippen LogP contribution in [0.3, 0.4) is 0 Å². The molecule has 0 unspecified atom stereocenters. The first-order chi connectivity index (χ1) is 10.5. The van der Waals surface area contributed by atoms with Crippen molar-refractivity contribution in [1.29, 1.82) is 0 Å². The van der Waals surface area contributed by atoms with Crippen molar-refractivity contribution in [3.05, 3.63) is 46.6 Å². The van der Waals surface area contributed by atoms with Crippen molar-refractivity contribution >= 4 is 39.9 Å². The monoisotopic (exact) mass is 333 g/mol. The van der Waals surface area contributed by atoms with Crippen LogP contribution in [0.1, 0.15) is 18.2 Å². The average Bonchev–Trinajstić information content (AvgIpc) is 2.83. The van der Waals surface area contributed by atoms with Gasteiger partial charge in [0.25, 0.3) is 0 Å². The minimum Gasteiger partial charge on any atom is -0.368 e. The van der Waals surface area contributed by atoms with Crippen LogP contribution >= 0.6 is 23.4 Å². The number of rotatable bonds is 3. The zero-order valence-corrected chi connectivity index (χ0v) is 14.2. The van der Waals surface area contributed by atoms with Crippen LogP contribution in [0.5, 0.6) is 0 Å². The maximum Gasteiger partial charge on any atom is 0.227 e. The topological polar surface area (TPSA) is 53.9 Å². The smallest absolute Gasteiger partial charge is 0.227 e. The predicted octanol–water partition coefficient (Wildman–Crippen LogP) is 3.90. The van der Waals surface area contributed by atoms with Gasteiger partial charge in [-0.3, -0.25) is 0 Å². The number of anilines is 2. The Bertz CT molecular complexity index is 746. The highest BCUT2D eigenvalue weighted by molar-refractivity contribution is 8.08. The Morgan fingerprint density at radius 1 is 1.32 bits per heavy atom. The molecule has 1 aliphatic heterocycles. The maximum absolute atomic E-state index is 5.94. The highest BCUT2D eigenvalue weighted by atomic mass is 35.5. The molecule has 0 amide bonds. The summed E-state index contributed by atoms with van der Waals surface area (Å²) in [6.45, 7) is 4.02. The number of halogens is 1. The quantitative estimate of drug-likeness (QED) is 0.860. The number of hydrogen-bond acceptors (Lipinski definition) is 6. The fourth-order valence-electron chi connectivity index (χ4n) is 2.10. The first kappa shape index (κ1) is 15.1. The third kappa shape index (κ3) is 3.03. The Morgan fingerprint density at radius 2 is 2.14 bits per heavy atom. The molecule has 1 aliphatic rings. The van der Waals surface area contributed by atoms with Gasteiger partial charge >= 0.3 is 0 Å². The highest BCUT2D eigenvalue weighted by Gasteiger charge is 2.19. The average molecular weight is 334 g/mol. The normalized spacial score (nSPS) is 14.6. The summed E-state index contributed by atoms with van der Waals surface area (Å²) < 4.78 is 0. The van der Waals surface area contributed by atoms with Gasteiger partial charge in [-0.1, -0.05) is 11.6 Å². The summed E-state index contributed by atoms with van der Waals surface area (Å²) in [6, 6.07) is 3.86.